The highest BCUT2D eigenvalue weighted by Gasteiger charge is 2.11. The minimum atomic E-state index is -0.0513. The molecule has 104 valence electrons. The lowest BCUT2D eigenvalue weighted by molar-refractivity contribution is 0.0940. The lowest BCUT2D eigenvalue weighted by atomic mass is 10.0. The SMILES string of the molecule is CC(C)c1ccc(C(=O)NC(C)c2ccncc2)cc1. The summed E-state index contributed by atoms with van der Waals surface area (Å²) in [6.07, 6.45) is 3.46. The van der Waals surface area contributed by atoms with Crippen molar-refractivity contribution >= 4 is 5.91 Å². The summed E-state index contributed by atoms with van der Waals surface area (Å²) in [5, 5.41) is 2.99. The molecule has 1 atom stereocenters. The second-order valence-corrected chi connectivity index (χ2v) is 5.25. The van der Waals surface area contributed by atoms with E-state index in [0.717, 1.165) is 5.56 Å². The molecule has 0 spiro atoms. The monoisotopic (exact) mass is 268 g/mol. The van der Waals surface area contributed by atoms with Crippen molar-refractivity contribution in [1.29, 1.82) is 0 Å². The number of aromatic nitrogens is 1. The van der Waals surface area contributed by atoms with Gasteiger partial charge in [-0.2, -0.15) is 0 Å². The van der Waals surface area contributed by atoms with Crippen molar-refractivity contribution in [1.82, 2.24) is 10.3 Å². The molecule has 3 heteroatoms. The Morgan fingerprint density at radius 2 is 1.55 bits per heavy atom. The summed E-state index contributed by atoms with van der Waals surface area (Å²) in [6.45, 7) is 6.25. The second kappa shape index (κ2) is 6.33. The van der Waals surface area contributed by atoms with Crippen molar-refractivity contribution in [3.05, 3.63) is 65.5 Å². The molecular weight excluding hydrogens is 248 g/mol. The van der Waals surface area contributed by atoms with Gasteiger partial charge in [-0.1, -0.05) is 26.0 Å². The van der Waals surface area contributed by atoms with E-state index in [-0.39, 0.29) is 11.9 Å². The molecule has 0 aliphatic heterocycles. The maximum atomic E-state index is 12.2. The first-order valence-corrected chi connectivity index (χ1v) is 6.88. The molecule has 3 nitrogen and oxygen atoms in total. The van der Waals surface area contributed by atoms with Gasteiger partial charge in [0.25, 0.3) is 5.91 Å². The Labute approximate surface area is 120 Å². The van der Waals surface area contributed by atoms with E-state index in [0.29, 0.717) is 11.5 Å². The van der Waals surface area contributed by atoms with Gasteiger partial charge in [0.05, 0.1) is 6.04 Å². The fraction of sp³-hybridized carbons (Fsp3) is 0.294. The number of hydrogen-bond donors (Lipinski definition) is 1. The van der Waals surface area contributed by atoms with Gasteiger partial charge in [0.15, 0.2) is 0 Å². The van der Waals surface area contributed by atoms with Gasteiger partial charge in [0.2, 0.25) is 0 Å². The zero-order valence-corrected chi connectivity index (χ0v) is 12.1. The van der Waals surface area contributed by atoms with Crippen LogP contribution in [0, 0.1) is 0 Å². The second-order valence-electron chi connectivity index (χ2n) is 5.25. The van der Waals surface area contributed by atoms with Crippen LogP contribution in [0.3, 0.4) is 0 Å². The van der Waals surface area contributed by atoms with Crippen LogP contribution < -0.4 is 5.32 Å². The zero-order valence-electron chi connectivity index (χ0n) is 12.1. The number of carbonyl (C=O) groups excluding carboxylic acids is 1. The van der Waals surface area contributed by atoms with E-state index >= 15 is 0 Å². The zero-order chi connectivity index (χ0) is 14.5. The summed E-state index contributed by atoms with van der Waals surface area (Å²) >= 11 is 0. The summed E-state index contributed by atoms with van der Waals surface area (Å²) in [6, 6.07) is 11.6. The number of rotatable bonds is 4. The smallest absolute Gasteiger partial charge is 0.251 e. The number of benzene rings is 1. The molecule has 0 bridgehead atoms. The van der Waals surface area contributed by atoms with Crippen molar-refractivity contribution in [3.63, 3.8) is 0 Å². The highest BCUT2D eigenvalue weighted by atomic mass is 16.1. The Kier molecular flexibility index (Phi) is 4.51. The molecule has 0 saturated carbocycles. The molecule has 1 aromatic carbocycles. The summed E-state index contributed by atoms with van der Waals surface area (Å²) in [5.74, 6) is 0.424. The molecule has 0 fully saturated rings. The number of amides is 1. The van der Waals surface area contributed by atoms with E-state index in [9.17, 15) is 4.79 Å². The number of carbonyl (C=O) groups is 1. The normalized spacial score (nSPS) is 12.2. The van der Waals surface area contributed by atoms with Crippen LogP contribution in [0.25, 0.3) is 0 Å². The molecule has 0 aliphatic rings. The van der Waals surface area contributed by atoms with Gasteiger partial charge in [-0.05, 0) is 48.2 Å². The standard InChI is InChI=1S/C17H20N2O/c1-12(2)14-4-6-16(7-5-14)17(20)19-13(3)15-8-10-18-11-9-15/h4-13H,1-3H3,(H,19,20). The third kappa shape index (κ3) is 3.44. The van der Waals surface area contributed by atoms with Crippen LogP contribution in [-0.2, 0) is 0 Å². The van der Waals surface area contributed by atoms with E-state index in [1.807, 2.05) is 43.3 Å². The molecule has 1 N–H and O–H groups in total. The lowest BCUT2D eigenvalue weighted by Crippen LogP contribution is -2.26. The maximum absolute atomic E-state index is 12.2. The highest BCUT2D eigenvalue weighted by Crippen LogP contribution is 2.16. The molecule has 0 aliphatic carbocycles. The number of nitrogens with one attached hydrogen (secondary N) is 1. The molecule has 20 heavy (non-hydrogen) atoms. The Morgan fingerprint density at radius 1 is 0.950 bits per heavy atom. The fourth-order valence-electron chi connectivity index (χ4n) is 2.03. The molecule has 1 heterocycles. The Bertz CT molecular complexity index is 561. The van der Waals surface area contributed by atoms with E-state index < -0.39 is 0 Å². The van der Waals surface area contributed by atoms with Crippen LogP contribution in [0.5, 0.6) is 0 Å². The minimum Gasteiger partial charge on any atom is -0.346 e. The van der Waals surface area contributed by atoms with Crippen LogP contribution in [0.2, 0.25) is 0 Å². The molecule has 2 aromatic rings. The van der Waals surface area contributed by atoms with E-state index in [2.05, 4.69) is 24.1 Å². The van der Waals surface area contributed by atoms with Crippen LogP contribution in [0.4, 0.5) is 0 Å². The highest BCUT2D eigenvalue weighted by molar-refractivity contribution is 5.94. The predicted octanol–water partition coefficient (Wildman–Crippen LogP) is 3.70. The third-order valence-corrected chi connectivity index (χ3v) is 3.39. The Morgan fingerprint density at radius 3 is 2.10 bits per heavy atom. The Hall–Kier alpha value is -2.16. The number of hydrogen-bond acceptors (Lipinski definition) is 2. The number of nitrogens with zero attached hydrogens (tertiary/aromatic N) is 1. The van der Waals surface area contributed by atoms with Crippen molar-refractivity contribution in [2.75, 3.05) is 0 Å². The topological polar surface area (TPSA) is 42.0 Å². The van der Waals surface area contributed by atoms with Gasteiger partial charge in [0.1, 0.15) is 0 Å². The summed E-state index contributed by atoms with van der Waals surface area (Å²) < 4.78 is 0. The first-order chi connectivity index (χ1) is 9.58. The van der Waals surface area contributed by atoms with Gasteiger partial charge in [0, 0.05) is 18.0 Å². The van der Waals surface area contributed by atoms with Crippen LogP contribution in [-0.4, -0.2) is 10.9 Å². The first kappa shape index (κ1) is 14.3. The lowest BCUT2D eigenvalue weighted by Gasteiger charge is -2.14. The van der Waals surface area contributed by atoms with Crippen LogP contribution in [0.15, 0.2) is 48.8 Å². The van der Waals surface area contributed by atoms with Crippen molar-refractivity contribution in [2.24, 2.45) is 0 Å². The van der Waals surface area contributed by atoms with E-state index in [1.54, 1.807) is 12.4 Å². The minimum absolute atomic E-state index is 0.0322. The van der Waals surface area contributed by atoms with E-state index in [1.165, 1.54) is 5.56 Å². The molecule has 1 unspecified atom stereocenters. The summed E-state index contributed by atoms with van der Waals surface area (Å²) in [7, 11) is 0. The first-order valence-electron chi connectivity index (χ1n) is 6.88. The Balaban J connectivity index is 2.05. The molecule has 1 amide bonds. The largest absolute Gasteiger partial charge is 0.346 e. The quantitative estimate of drug-likeness (QED) is 0.918. The number of pyridine rings is 1. The molecular formula is C17H20N2O. The fourth-order valence-corrected chi connectivity index (χ4v) is 2.03. The van der Waals surface area contributed by atoms with E-state index in [4.69, 9.17) is 0 Å². The predicted molar refractivity (Wildman–Crippen MR) is 80.6 cm³/mol. The average molecular weight is 268 g/mol. The van der Waals surface area contributed by atoms with Crippen LogP contribution >= 0.6 is 0 Å². The molecule has 2 rings (SSSR count). The van der Waals surface area contributed by atoms with Gasteiger partial charge in [-0.25, -0.2) is 0 Å². The maximum Gasteiger partial charge on any atom is 0.251 e. The van der Waals surface area contributed by atoms with Crippen LogP contribution in [0.1, 0.15) is 54.2 Å². The van der Waals surface area contributed by atoms with Gasteiger partial charge < -0.3 is 5.32 Å². The molecule has 0 radical (unpaired) electrons. The van der Waals surface area contributed by atoms with Gasteiger partial charge in [-0.3, -0.25) is 9.78 Å². The third-order valence-electron chi connectivity index (χ3n) is 3.39. The van der Waals surface area contributed by atoms with Crippen molar-refractivity contribution < 1.29 is 4.79 Å². The van der Waals surface area contributed by atoms with Crippen molar-refractivity contribution in [2.45, 2.75) is 32.7 Å². The molecule has 1 aromatic heterocycles. The van der Waals surface area contributed by atoms with Gasteiger partial charge in [-0.15, -0.1) is 0 Å². The summed E-state index contributed by atoms with van der Waals surface area (Å²) in [5.41, 5.74) is 2.98. The molecule has 0 saturated heterocycles. The average Bonchev–Trinajstić information content (AvgIpc) is 2.48. The summed E-state index contributed by atoms with van der Waals surface area (Å²) in [4.78, 5) is 16.2. The van der Waals surface area contributed by atoms with Crippen molar-refractivity contribution in [3.8, 4) is 0 Å². The van der Waals surface area contributed by atoms with Gasteiger partial charge >= 0.3 is 0 Å².